The van der Waals surface area contributed by atoms with E-state index in [0.717, 1.165) is 32.1 Å². The number of carboxylic acids is 1. The summed E-state index contributed by atoms with van der Waals surface area (Å²) in [6.07, 6.45) is 8.43. The summed E-state index contributed by atoms with van der Waals surface area (Å²) in [5.41, 5.74) is -0.117. The SMILES string of the molecule is C[C@H](CCC(=O)O)[C@H]1CC[C@H]2[C@@H]3CCC4CC(=O)CC[C@]4(C)[C@H]3CC(=O)[C@]12C. The molecule has 4 fully saturated rings. The third-order valence-corrected chi connectivity index (χ3v) is 9.91. The van der Waals surface area contributed by atoms with Gasteiger partial charge in [-0.05, 0) is 79.4 Å². The summed E-state index contributed by atoms with van der Waals surface area (Å²) in [5, 5.41) is 9.07. The Labute approximate surface area is 168 Å². The normalized spacial score (nSPS) is 46.5. The van der Waals surface area contributed by atoms with Crippen molar-refractivity contribution >= 4 is 17.5 Å². The molecular formula is C24H36O4. The molecule has 0 aromatic rings. The summed E-state index contributed by atoms with van der Waals surface area (Å²) in [4.78, 5) is 36.7. The zero-order valence-electron chi connectivity index (χ0n) is 17.7. The summed E-state index contributed by atoms with van der Waals surface area (Å²) in [5.74, 6) is 2.69. The molecule has 8 atom stereocenters. The Morgan fingerprint density at radius 2 is 1.86 bits per heavy atom. The number of carbonyl (C=O) groups excluding carboxylic acids is 2. The van der Waals surface area contributed by atoms with Gasteiger partial charge in [-0.2, -0.15) is 0 Å². The van der Waals surface area contributed by atoms with Crippen LogP contribution >= 0.6 is 0 Å². The van der Waals surface area contributed by atoms with Gasteiger partial charge in [0.25, 0.3) is 0 Å². The van der Waals surface area contributed by atoms with Crippen molar-refractivity contribution in [1.82, 2.24) is 0 Å². The van der Waals surface area contributed by atoms with Gasteiger partial charge in [0, 0.05) is 31.1 Å². The minimum atomic E-state index is -0.736. The quantitative estimate of drug-likeness (QED) is 0.744. The number of aliphatic carboxylic acids is 1. The van der Waals surface area contributed by atoms with Crippen LogP contribution in [-0.2, 0) is 14.4 Å². The molecule has 0 aromatic heterocycles. The van der Waals surface area contributed by atoms with Gasteiger partial charge >= 0.3 is 5.97 Å². The molecule has 4 aliphatic carbocycles. The van der Waals surface area contributed by atoms with E-state index in [1.54, 1.807) is 0 Å². The second-order valence-corrected chi connectivity index (χ2v) is 10.9. The molecule has 156 valence electrons. The monoisotopic (exact) mass is 388 g/mol. The number of carboxylic acid groups (broad SMARTS) is 1. The van der Waals surface area contributed by atoms with Gasteiger partial charge in [0.05, 0.1) is 0 Å². The second-order valence-electron chi connectivity index (χ2n) is 10.9. The Hall–Kier alpha value is -1.19. The van der Waals surface area contributed by atoms with Crippen LogP contribution in [0.3, 0.4) is 0 Å². The number of carbonyl (C=O) groups is 3. The van der Waals surface area contributed by atoms with Crippen molar-refractivity contribution in [2.75, 3.05) is 0 Å². The van der Waals surface area contributed by atoms with E-state index in [2.05, 4.69) is 20.8 Å². The summed E-state index contributed by atoms with van der Waals surface area (Å²) in [6, 6.07) is 0. The first-order valence-corrected chi connectivity index (χ1v) is 11.4. The Morgan fingerprint density at radius 1 is 1.11 bits per heavy atom. The smallest absolute Gasteiger partial charge is 0.303 e. The highest BCUT2D eigenvalue weighted by molar-refractivity contribution is 5.87. The van der Waals surface area contributed by atoms with Gasteiger partial charge < -0.3 is 5.11 Å². The van der Waals surface area contributed by atoms with E-state index >= 15 is 0 Å². The van der Waals surface area contributed by atoms with E-state index in [0.29, 0.717) is 60.4 Å². The molecule has 4 nitrogen and oxygen atoms in total. The summed E-state index contributed by atoms with van der Waals surface area (Å²) < 4.78 is 0. The Bertz CT molecular complexity index is 684. The van der Waals surface area contributed by atoms with Crippen molar-refractivity contribution in [3.63, 3.8) is 0 Å². The molecule has 0 aliphatic heterocycles. The fourth-order valence-corrected chi connectivity index (χ4v) is 8.25. The maximum atomic E-state index is 13.6. The highest BCUT2D eigenvalue weighted by Crippen LogP contribution is 2.67. The molecule has 0 bridgehead atoms. The predicted octanol–water partition coefficient (Wildman–Crippen LogP) is 4.89. The van der Waals surface area contributed by atoms with Crippen molar-refractivity contribution in [1.29, 1.82) is 0 Å². The van der Waals surface area contributed by atoms with Crippen molar-refractivity contribution in [3.8, 4) is 0 Å². The molecule has 0 spiro atoms. The number of fused-ring (bicyclic) bond motifs is 5. The fourth-order valence-electron chi connectivity index (χ4n) is 8.25. The first kappa shape index (κ1) is 20.1. The van der Waals surface area contributed by atoms with Gasteiger partial charge in [-0.15, -0.1) is 0 Å². The van der Waals surface area contributed by atoms with Gasteiger partial charge in [0.15, 0.2) is 0 Å². The van der Waals surface area contributed by atoms with Gasteiger partial charge in [-0.1, -0.05) is 20.8 Å². The highest BCUT2D eigenvalue weighted by Gasteiger charge is 2.63. The average molecular weight is 389 g/mol. The molecule has 1 unspecified atom stereocenters. The lowest BCUT2D eigenvalue weighted by atomic mass is 9.44. The third-order valence-electron chi connectivity index (χ3n) is 9.91. The van der Waals surface area contributed by atoms with Gasteiger partial charge in [0.1, 0.15) is 11.6 Å². The number of hydrogen-bond acceptors (Lipinski definition) is 3. The summed E-state index contributed by atoms with van der Waals surface area (Å²) in [7, 11) is 0. The maximum Gasteiger partial charge on any atom is 0.303 e. The molecule has 0 aromatic carbocycles. The Balaban J connectivity index is 1.58. The molecule has 0 heterocycles. The van der Waals surface area contributed by atoms with Crippen LogP contribution in [-0.4, -0.2) is 22.6 Å². The topological polar surface area (TPSA) is 71.4 Å². The first-order chi connectivity index (χ1) is 13.2. The van der Waals surface area contributed by atoms with Crippen molar-refractivity contribution in [2.45, 2.75) is 85.0 Å². The molecule has 1 N–H and O–H groups in total. The lowest BCUT2D eigenvalue weighted by molar-refractivity contribution is -0.159. The van der Waals surface area contributed by atoms with Crippen LogP contribution in [0.15, 0.2) is 0 Å². The standard InChI is InChI=1S/C24H36O4/c1-14(4-9-22(27)28)18-7-8-19-17-6-5-15-12-16(25)10-11-23(15,2)20(17)13-21(26)24(18,19)3/h14-15,17-20H,4-13H2,1-3H3,(H,27,28)/t14-,15?,17+,18-,19+,20+,23+,24-/m1/s1. The fraction of sp³-hybridized carbons (Fsp3) is 0.875. The Morgan fingerprint density at radius 3 is 2.57 bits per heavy atom. The zero-order chi connectivity index (χ0) is 20.3. The number of ketones is 2. The lowest BCUT2D eigenvalue weighted by Crippen LogP contribution is -2.57. The van der Waals surface area contributed by atoms with E-state index in [4.69, 9.17) is 5.11 Å². The lowest BCUT2D eigenvalue weighted by Gasteiger charge is -2.59. The van der Waals surface area contributed by atoms with Crippen molar-refractivity contribution in [2.24, 2.45) is 46.3 Å². The van der Waals surface area contributed by atoms with Crippen LogP contribution in [0.5, 0.6) is 0 Å². The maximum absolute atomic E-state index is 13.6. The minimum Gasteiger partial charge on any atom is -0.481 e. The van der Waals surface area contributed by atoms with Crippen LogP contribution in [0.25, 0.3) is 0 Å². The molecule has 28 heavy (non-hydrogen) atoms. The van der Waals surface area contributed by atoms with Crippen LogP contribution in [0.1, 0.15) is 85.0 Å². The third kappa shape index (κ3) is 2.89. The van der Waals surface area contributed by atoms with Crippen LogP contribution in [0, 0.1) is 46.3 Å². The number of Topliss-reactive ketones (excluding diaryl/α,β-unsaturated/α-hetero) is 2. The average Bonchev–Trinajstić information content (AvgIpc) is 3.00. The van der Waals surface area contributed by atoms with E-state index < -0.39 is 5.97 Å². The van der Waals surface area contributed by atoms with Gasteiger partial charge in [-0.25, -0.2) is 0 Å². The first-order valence-electron chi connectivity index (χ1n) is 11.4. The van der Waals surface area contributed by atoms with E-state index in [-0.39, 0.29) is 23.2 Å². The van der Waals surface area contributed by atoms with E-state index in [1.807, 2.05) is 0 Å². The van der Waals surface area contributed by atoms with Gasteiger partial charge in [0.2, 0.25) is 0 Å². The molecule has 0 saturated heterocycles. The molecule has 4 heteroatoms. The molecule has 0 amide bonds. The minimum absolute atomic E-state index is 0.154. The molecule has 4 aliphatic rings. The Kier molecular flexibility index (Phi) is 4.99. The summed E-state index contributed by atoms with van der Waals surface area (Å²) >= 11 is 0. The van der Waals surface area contributed by atoms with Crippen LogP contribution in [0.2, 0.25) is 0 Å². The largest absolute Gasteiger partial charge is 0.481 e. The van der Waals surface area contributed by atoms with Crippen molar-refractivity contribution in [3.05, 3.63) is 0 Å². The summed E-state index contributed by atoms with van der Waals surface area (Å²) in [6.45, 7) is 6.74. The molecule has 4 saturated carbocycles. The van der Waals surface area contributed by atoms with E-state index in [9.17, 15) is 14.4 Å². The molecular weight excluding hydrogens is 352 g/mol. The second kappa shape index (κ2) is 6.95. The number of hydrogen-bond donors (Lipinski definition) is 1. The van der Waals surface area contributed by atoms with Crippen LogP contribution in [0.4, 0.5) is 0 Å². The van der Waals surface area contributed by atoms with Gasteiger partial charge in [-0.3, -0.25) is 14.4 Å². The van der Waals surface area contributed by atoms with Crippen LogP contribution < -0.4 is 0 Å². The molecule has 4 rings (SSSR count). The highest BCUT2D eigenvalue weighted by atomic mass is 16.4. The van der Waals surface area contributed by atoms with E-state index in [1.165, 1.54) is 6.42 Å². The molecule has 0 radical (unpaired) electrons. The number of rotatable bonds is 4. The predicted molar refractivity (Wildman–Crippen MR) is 107 cm³/mol. The van der Waals surface area contributed by atoms with Crippen molar-refractivity contribution < 1.29 is 19.5 Å². The zero-order valence-corrected chi connectivity index (χ0v) is 17.7.